The topological polar surface area (TPSA) is 111 Å². The van der Waals surface area contributed by atoms with Gasteiger partial charge in [-0.3, -0.25) is 14.7 Å². The van der Waals surface area contributed by atoms with E-state index in [0.29, 0.717) is 23.8 Å². The normalized spacial score (nSPS) is 17.6. The molecule has 0 unspecified atom stereocenters. The van der Waals surface area contributed by atoms with E-state index in [2.05, 4.69) is 38.6 Å². The van der Waals surface area contributed by atoms with Crippen molar-refractivity contribution in [3.63, 3.8) is 0 Å². The summed E-state index contributed by atoms with van der Waals surface area (Å²) in [5.41, 5.74) is 2.41. The number of fused-ring (bicyclic) bond motifs is 1. The van der Waals surface area contributed by atoms with Crippen molar-refractivity contribution >= 4 is 28.9 Å². The van der Waals surface area contributed by atoms with Crippen LogP contribution in [-0.4, -0.2) is 39.1 Å². The van der Waals surface area contributed by atoms with Crippen LogP contribution in [0, 0.1) is 5.41 Å². The summed E-state index contributed by atoms with van der Waals surface area (Å²) < 4.78 is 12.9. The van der Waals surface area contributed by atoms with Crippen LogP contribution in [0.15, 0.2) is 70.8 Å². The third-order valence-electron chi connectivity index (χ3n) is 7.62. The quantitative estimate of drug-likeness (QED) is 0.375. The van der Waals surface area contributed by atoms with Crippen molar-refractivity contribution in [2.45, 2.75) is 45.1 Å². The highest BCUT2D eigenvalue weighted by Crippen LogP contribution is 2.54. The number of aromatic nitrogens is 4. The Morgan fingerprint density at radius 3 is 2.83 bits per heavy atom. The first-order chi connectivity index (χ1) is 19.5. The van der Waals surface area contributed by atoms with Gasteiger partial charge in [-0.1, -0.05) is 42.0 Å². The Morgan fingerprint density at radius 2 is 2.05 bits per heavy atom. The van der Waals surface area contributed by atoms with Crippen molar-refractivity contribution < 1.29 is 14.3 Å². The van der Waals surface area contributed by atoms with Crippen LogP contribution in [0.2, 0.25) is 5.02 Å². The lowest BCUT2D eigenvalue weighted by molar-refractivity contribution is 0.0942. The van der Waals surface area contributed by atoms with Crippen LogP contribution in [0.3, 0.4) is 0 Å². The van der Waals surface area contributed by atoms with Gasteiger partial charge in [-0.05, 0) is 67.9 Å². The minimum Gasteiger partial charge on any atom is -0.497 e. The zero-order valence-corrected chi connectivity index (χ0v) is 23.0. The van der Waals surface area contributed by atoms with E-state index in [4.69, 9.17) is 21.1 Å². The van der Waals surface area contributed by atoms with Crippen LogP contribution >= 0.6 is 11.6 Å². The van der Waals surface area contributed by atoms with Gasteiger partial charge in [0, 0.05) is 18.0 Å². The molecule has 3 aromatic rings. The van der Waals surface area contributed by atoms with Crippen molar-refractivity contribution in [2.75, 3.05) is 13.7 Å². The fourth-order valence-electron chi connectivity index (χ4n) is 5.30. The summed E-state index contributed by atoms with van der Waals surface area (Å²) in [6.45, 7) is 0.449. The Kier molecular flexibility index (Phi) is 7.06. The maximum absolute atomic E-state index is 13.4. The van der Waals surface area contributed by atoms with Gasteiger partial charge in [0.1, 0.15) is 18.1 Å². The average molecular weight is 560 g/mol. The first kappa shape index (κ1) is 26.1. The molecule has 10 heteroatoms. The Labute approximate surface area is 236 Å². The number of methoxy groups -OCH3 is 1. The summed E-state index contributed by atoms with van der Waals surface area (Å²) in [5.74, 6) is 1.77. The molecule has 206 valence electrons. The summed E-state index contributed by atoms with van der Waals surface area (Å²) in [5, 5.41) is 6.38. The molecule has 40 heavy (non-hydrogen) atoms. The number of amides is 1. The molecule has 0 radical (unpaired) electrons. The minimum absolute atomic E-state index is 0.0290. The van der Waals surface area contributed by atoms with Crippen molar-refractivity contribution in [1.82, 2.24) is 24.9 Å². The number of aromatic amines is 1. The lowest BCUT2D eigenvalue weighted by Gasteiger charge is -2.24. The Balaban J connectivity index is 1.17. The molecule has 3 aliphatic carbocycles. The van der Waals surface area contributed by atoms with E-state index < -0.39 is 0 Å². The van der Waals surface area contributed by atoms with Gasteiger partial charge < -0.3 is 14.8 Å². The third-order valence-corrected chi connectivity index (χ3v) is 7.94. The molecule has 1 amide bonds. The summed E-state index contributed by atoms with van der Waals surface area (Å²) in [6, 6.07) is 6.45. The first-order valence-electron chi connectivity index (χ1n) is 13.5. The number of nitrogens with one attached hydrogen (secondary N) is 2. The second kappa shape index (κ2) is 10.8. The van der Waals surface area contributed by atoms with Crippen molar-refractivity contribution in [3.8, 4) is 5.75 Å². The predicted octanol–water partition coefficient (Wildman–Crippen LogP) is 5.14. The molecule has 0 bridgehead atoms. The molecule has 1 aromatic carbocycles. The highest BCUT2D eigenvalue weighted by molar-refractivity contribution is 6.34. The first-order valence-corrected chi connectivity index (χ1v) is 13.8. The van der Waals surface area contributed by atoms with Gasteiger partial charge in [-0.15, -0.1) is 0 Å². The van der Waals surface area contributed by atoms with E-state index in [-0.39, 0.29) is 39.9 Å². The second-order valence-electron chi connectivity index (χ2n) is 10.3. The molecule has 2 N–H and O–H groups in total. The van der Waals surface area contributed by atoms with E-state index in [1.165, 1.54) is 16.2 Å². The van der Waals surface area contributed by atoms with E-state index in [1.54, 1.807) is 25.3 Å². The summed E-state index contributed by atoms with van der Waals surface area (Å²) in [6.07, 6.45) is 16.0. The number of rotatable bonds is 9. The van der Waals surface area contributed by atoms with E-state index in [1.807, 2.05) is 12.2 Å². The number of allylic oxidation sites excluding steroid dienone is 7. The van der Waals surface area contributed by atoms with Crippen molar-refractivity contribution in [3.05, 3.63) is 98.4 Å². The van der Waals surface area contributed by atoms with E-state index in [0.717, 1.165) is 49.9 Å². The van der Waals surface area contributed by atoms with Crippen LogP contribution < -0.4 is 15.6 Å². The SMILES string of the molecule is COC1=CCCC=C1C1(CNC(=O)c2c(Cl)cccc2OCc2cc(=O)n3[nH]c(C4=CC=CCC4)nc3n2)CC1. The van der Waals surface area contributed by atoms with Gasteiger partial charge >= 0.3 is 0 Å². The number of benzene rings is 1. The molecular weight excluding hydrogens is 530 g/mol. The van der Waals surface area contributed by atoms with Crippen LogP contribution in [-0.2, 0) is 11.3 Å². The largest absolute Gasteiger partial charge is 0.497 e. The van der Waals surface area contributed by atoms with Crippen molar-refractivity contribution in [2.24, 2.45) is 5.41 Å². The number of hydrogen-bond donors (Lipinski definition) is 2. The highest BCUT2D eigenvalue weighted by atomic mass is 35.5. The summed E-state index contributed by atoms with van der Waals surface area (Å²) in [7, 11) is 1.69. The highest BCUT2D eigenvalue weighted by Gasteiger charge is 2.48. The summed E-state index contributed by atoms with van der Waals surface area (Å²) >= 11 is 6.47. The molecule has 0 atom stereocenters. The number of nitrogens with zero attached hydrogens (tertiary/aromatic N) is 3. The molecule has 6 rings (SSSR count). The molecule has 0 saturated heterocycles. The van der Waals surface area contributed by atoms with E-state index in [9.17, 15) is 9.59 Å². The smallest absolute Gasteiger partial charge is 0.274 e. The van der Waals surface area contributed by atoms with Gasteiger partial charge in [0.15, 0.2) is 5.82 Å². The lowest BCUT2D eigenvalue weighted by Crippen LogP contribution is -2.32. The Bertz CT molecular complexity index is 1660. The number of hydrogen-bond acceptors (Lipinski definition) is 6. The molecule has 0 spiro atoms. The number of ether oxygens (including phenoxy) is 2. The van der Waals surface area contributed by atoms with E-state index >= 15 is 0 Å². The van der Waals surface area contributed by atoms with Gasteiger partial charge in [-0.2, -0.15) is 9.50 Å². The van der Waals surface area contributed by atoms with Gasteiger partial charge in [0.25, 0.3) is 17.2 Å². The Hall–Kier alpha value is -4.11. The fraction of sp³-hybridized carbons (Fsp3) is 0.333. The van der Waals surface area contributed by atoms with Crippen LogP contribution in [0.25, 0.3) is 11.4 Å². The summed E-state index contributed by atoms with van der Waals surface area (Å²) in [4.78, 5) is 35.1. The molecule has 1 saturated carbocycles. The van der Waals surface area contributed by atoms with Gasteiger partial charge in [0.05, 0.1) is 23.4 Å². The molecule has 0 aliphatic heterocycles. The molecular formula is C30H30ClN5O4. The molecule has 9 nitrogen and oxygen atoms in total. The lowest BCUT2D eigenvalue weighted by atomic mass is 9.89. The third kappa shape index (κ3) is 5.09. The standard InChI is InChI=1S/C30H30ClN5O4/c1-39-23-12-6-5-10-21(23)30(14-15-30)18-32-28(38)26-22(31)11-7-13-24(26)40-17-20-16-25(37)36-29(33-20)34-27(35-36)19-8-3-2-4-9-19/h2-3,7-8,10-13,16H,4-6,9,14-15,17-18H2,1H3,(H,32,38)(H,33,34,35). The van der Waals surface area contributed by atoms with Crippen molar-refractivity contribution in [1.29, 1.82) is 0 Å². The predicted molar refractivity (Wildman–Crippen MR) is 152 cm³/mol. The zero-order valence-electron chi connectivity index (χ0n) is 22.2. The van der Waals surface area contributed by atoms with Crippen LogP contribution in [0.4, 0.5) is 0 Å². The maximum atomic E-state index is 13.4. The monoisotopic (exact) mass is 559 g/mol. The fourth-order valence-corrected chi connectivity index (χ4v) is 5.55. The number of carbonyl (C=O) groups is 1. The van der Waals surface area contributed by atoms with Gasteiger partial charge in [0.2, 0.25) is 0 Å². The van der Waals surface area contributed by atoms with Gasteiger partial charge in [-0.25, -0.2) is 4.98 Å². The van der Waals surface area contributed by atoms with Crippen LogP contribution in [0.1, 0.15) is 60.4 Å². The Morgan fingerprint density at radius 1 is 1.20 bits per heavy atom. The number of H-pyrrole nitrogens is 1. The zero-order chi connectivity index (χ0) is 27.7. The molecule has 3 aliphatic rings. The second-order valence-corrected chi connectivity index (χ2v) is 10.7. The molecule has 2 aromatic heterocycles. The molecule has 1 fully saturated rings. The molecule has 2 heterocycles. The van der Waals surface area contributed by atoms with Crippen LogP contribution in [0.5, 0.6) is 5.75 Å². The average Bonchev–Trinajstić information content (AvgIpc) is 3.65. The minimum atomic E-state index is -0.318. The number of carbonyl (C=O) groups excluding carboxylic acids is 1. The maximum Gasteiger partial charge on any atom is 0.274 e. The number of halogens is 1.